The van der Waals surface area contributed by atoms with E-state index >= 15 is 0 Å². The summed E-state index contributed by atoms with van der Waals surface area (Å²) in [5, 5.41) is 3.46. The van der Waals surface area contributed by atoms with Crippen molar-refractivity contribution in [3.8, 4) is 5.75 Å². The van der Waals surface area contributed by atoms with Crippen molar-refractivity contribution in [2.75, 3.05) is 51.4 Å². The van der Waals surface area contributed by atoms with Crippen LogP contribution in [0.25, 0.3) is 0 Å². The maximum Gasteiger partial charge on any atom is 0.157 e. The highest BCUT2D eigenvalue weighted by Crippen LogP contribution is 2.42. The number of methoxy groups -OCH3 is 1. The average Bonchev–Trinajstić information content (AvgIpc) is 2.71. The highest BCUT2D eigenvalue weighted by molar-refractivity contribution is 9.10. The summed E-state index contributed by atoms with van der Waals surface area (Å²) < 4.78 is 12.3. The fourth-order valence-corrected chi connectivity index (χ4v) is 3.72. The van der Waals surface area contributed by atoms with Crippen LogP contribution in [-0.2, 0) is 17.6 Å². The molecule has 0 radical (unpaired) electrons. The number of rotatable bonds is 3. The van der Waals surface area contributed by atoms with Crippen LogP contribution in [0.4, 0.5) is 5.69 Å². The van der Waals surface area contributed by atoms with Crippen LogP contribution in [0.1, 0.15) is 11.1 Å². The molecule has 20 heavy (non-hydrogen) atoms. The molecule has 0 aromatic heterocycles. The largest absolute Gasteiger partial charge is 0.488 e. The Kier molecular flexibility index (Phi) is 4.48. The molecule has 0 atom stereocenters. The predicted octanol–water partition coefficient (Wildman–Crippen LogP) is 1.98. The quantitative estimate of drug-likeness (QED) is 0.912. The number of hydrogen-bond donors (Lipinski definition) is 1. The van der Waals surface area contributed by atoms with Crippen LogP contribution in [0.2, 0.25) is 0 Å². The van der Waals surface area contributed by atoms with Crippen LogP contribution >= 0.6 is 15.9 Å². The molecule has 0 bridgehead atoms. The van der Waals surface area contributed by atoms with Crippen LogP contribution in [0.3, 0.4) is 0 Å². The van der Waals surface area contributed by atoms with Gasteiger partial charge in [0.15, 0.2) is 5.75 Å². The smallest absolute Gasteiger partial charge is 0.157 e. The van der Waals surface area contributed by atoms with Gasteiger partial charge in [0.1, 0.15) is 6.61 Å². The molecular weight excluding hydrogens is 320 g/mol. The molecule has 0 aliphatic carbocycles. The summed E-state index contributed by atoms with van der Waals surface area (Å²) >= 11 is 3.77. The first-order chi connectivity index (χ1) is 9.81. The van der Waals surface area contributed by atoms with E-state index in [2.05, 4.69) is 32.2 Å². The number of ether oxygens (including phenoxy) is 2. The van der Waals surface area contributed by atoms with Crippen molar-refractivity contribution >= 4 is 21.6 Å². The molecule has 3 rings (SSSR count). The zero-order valence-electron chi connectivity index (χ0n) is 11.9. The molecule has 0 unspecified atom stereocenters. The zero-order chi connectivity index (χ0) is 13.9. The molecule has 2 aliphatic rings. The molecule has 2 heterocycles. The van der Waals surface area contributed by atoms with Crippen molar-refractivity contribution in [2.45, 2.75) is 12.8 Å². The third-order valence-corrected chi connectivity index (χ3v) is 4.87. The molecule has 5 heteroatoms. The van der Waals surface area contributed by atoms with Crippen LogP contribution in [0.5, 0.6) is 5.75 Å². The molecular formula is C15H21BrN2O2. The molecule has 2 aliphatic heterocycles. The Hall–Kier alpha value is -0.780. The molecule has 1 N–H and O–H groups in total. The SMILES string of the molecule is COCCN1CCOc2c1cc1c(c2Br)CCNCC1. The molecule has 1 aromatic rings. The predicted molar refractivity (Wildman–Crippen MR) is 84.0 cm³/mol. The minimum Gasteiger partial charge on any atom is -0.488 e. The first-order valence-corrected chi connectivity index (χ1v) is 8.02. The van der Waals surface area contributed by atoms with Gasteiger partial charge >= 0.3 is 0 Å². The van der Waals surface area contributed by atoms with Crippen molar-refractivity contribution in [3.63, 3.8) is 0 Å². The van der Waals surface area contributed by atoms with Crippen molar-refractivity contribution < 1.29 is 9.47 Å². The second-order valence-electron chi connectivity index (χ2n) is 5.25. The monoisotopic (exact) mass is 340 g/mol. The summed E-state index contributed by atoms with van der Waals surface area (Å²) in [5.41, 5.74) is 4.05. The standard InChI is InChI=1S/C15H21BrN2O2/c1-19-8-6-18-7-9-20-15-13(18)10-11-2-4-17-5-3-12(11)14(15)16/h10,17H,2-9H2,1H3. The van der Waals surface area contributed by atoms with E-state index in [1.54, 1.807) is 7.11 Å². The number of nitrogens with one attached hydrogen (secondary N) is 1. The Morgan fingerprint density at radius 1 is 1.40 bits per heavy atom. The van der Waals surface area contributed by atoms with Gasteiger partial charge in [-0.2, -0.15) is 0 Å². The van der Waals surface area contributed by atoms with Gasteiger partial charge in [-0.1, -0.05) is 0 Å². The van der Waals surface area contributed by atoms with Crippen LogP contribution in [0, 0.1) is 0 Å². The number of anilines is 1. The zero-order valence-corrected chi connectivity index (χ0v) is 13.5. The van der Waals surface area contributed by atoms with Crippen molar-refractivity contribution in [1.29, 1.82) is 0 Å². The first kappa shape index (κ1) is 14.2. The van der Waals surface area contributed by atoms with Crippen molar-refractivity contribution in [1.82, 2.24) is 5.32 Å². The van der Waals surface area contributed by atoms with Gasteiger partial charge in [0.05, 0.1) is 23.3 Å². The van der Waals surface area contributed by atoms with E-state index in [1.807, 2.05) is 0 Å². The lowest BCUT2D eigenvalue weighted by molar-refractivity contribution is 0.201. The second kappa shape index (κ2) is 6.33. The highest BCUT2D eigenvalue weighted by atomic mass is 79.9. The van der Waals surface area contributed by atoms with E-state index < -0.39 is 0 Å². The van der Waals surface area contributed by atoms with E-state index in [-0.39, 0.29) is 0 Å². The summed E-state index contributed by atoms with van der Waals surface area (Å²) in [5.74, 6) is 1.01. The molecule has 110 valence electrons. The molecule has 0 saturated carbocycles. The van der Waals surface area contributed by atoms with Crippen LogP contribution in [0.15, 0.2) is 10.5 Å². The summed E-state index contributed by atoms with van der Waals surface area (Å²) in [6.45, 7) is 5.42. The van der Waals surface area contributed by atoms with E-state index in [9.17, 15) is 0 Å². The fraction of sp³-hybridized carbons (Fsp3) is 0.600. The normalized spacial score (nSPS) is 18.0. The van der Waals surface area contributed by atoms with Gasteiger partial charge < -0.3 is 19.7 Å². The molecule has 1 aromatic carbocycles. The van der Waals surface area contributed by atoms with E-state index in [0.717, 1.165) is 62.5 Å². The molecule has 0 fully saturated rings. The lowest BCUT2D eigenvalue weighted by Gasteiger charge is -2.33. The first-order valence-electron chi connectivity index (χ1n) is 7.23. The Labute approximate surface area is 128 Å². The van der Waals surface area contributed by atoms with E-state index in [1.165, 1.54) is 16.8 Å². The Morgan fingerprint density at radius 3 is 3.10 bits per heavy atom. The van der Waals surface area contributed by atoms with Gasteiger partial charge in [-0.15, -0.1) is 0 Å². The number of nitrogens with zero attached hydrogens (tertiary/aromatic N) is 1. The van der Waals surface area contributed by atoms with E-state index in [4.69, 9.17) is 9.47 Å². The van der Waals surface area contributed by atoms with Gasteiger partial charge in [0, 0.05) is 13.7 Å². The third kappa shape index (κ3) is 2.67. The Morgan fingerprint density at radius 2 is 2.25 bits per heavy atom. The van der Waals surface area contributed by atoms with Crippen molar-refractivity contribution in [2.24, 2.45) is 0 Å². The third-order valence-electron chi connectivity index (χ3n) is 4.03. The maximum absolute atomic E-state index is 5.92. The van der Waals surface area contributed by atoms with Gasteiger partial charge in [0.2, 0.25) is 0 Å². The summed E-state index contributed by atoms with van der Waals surface area (Å²) in [7, 11) is 1.75. The molecule has 4 nitrogen and oxygen atoms in total. The Balaban J connectivity index is 1.99. The van der Waals surface area contributed by atoms with Gasteiger partial charge in [-0.3, -0.25) is 0 Å². The van der Waals surface area contributed by atoms with Crippen LogP contribution < -0.4 is 15.0 Å². The Bertz CT molecular complexity index is 493. The number of fused-ring (bicyclic) bond motifs is 2. The number of benzene rings is 1. The molecule has 0 saturated heterocycles. The van der Waals surface area contributed by atoms with E-state index in [0.29, 0.717) is 0 Å². The summed E-state index contributed by atoms with van der Waals surface area (Å²) in [6, 6.07) is 2.32. The van der Waals surface area contributed by atoms with Gasteiger partial charge in [-0.05, 0) is 59.1 Å². The van der Waals surface area contributed by atoms with Crippen molar-refractivity contribution in [3.05, 3.63) is 21.7 Å². The highest BCUT2D eigenvalue weighted by Gasteiger charge is 2.25. The summed E-state index contributed by atoms with van der Waals surface area (Å²) in [6.07, 6.45) is 2.14. The lowest BCUT2D eigenvalue weighted by atomic mass is 10.0. The second-order valence-corrected chi connectivity index (χ2v) is 6.05. The number of halogens is 1. The van der Waals surface area contributed by atoms with Gasteiger partial charge in [-0.25, -0.2) is 0 Å². The minimum absolute atomic E-state index is 0.742. The summed E-state index contributed by atoms with van der Waals surface area (Å²) in [4.78, 5) is 2.37. The molecule has 0 amide bonds. The topological polar surface area (TPSA) is 33.7 Å². The fourth-order valence-electron chi connectivity index (χ4n) is 2.95. The maximum atomic E-state index is 5.92. The van der Waals surface area contributed by atoms with Crippen LogP contribution in [-0.4, -0.2) is 46.5 Å². The molecule has 0 spiro atoms. The number of hydrogen-bond acceptors (Lipinski definition) is 4. The average molecular weight is 341 g/mol. The minimum atomic E-state index is 0.742. The lowest BCUT2D eigenvalue weighted by Crippen LogP contribution is -2.35. The van der Waals surface area contributed by atoms with Gasteiger partial charge in [0.25, 0.3) is 0 Å².